The highest BCUT2D eigenvalue weighted by Gasteiger charge is 2.18. The molecule has 41 heavy (non-hydrogen) atoms. The van der Waals surface area contributed by atoms with Crippen LogP contribution in [0, 0.1) is 23.0 Å². The fourth-order valence-electron chi connectivity index (χ4n) is 4.01. The molecule has 0 radical (unpaired) electrons. The van der Waals surface area contributed by atoms with E-state index in [2.05, 4.69) is 15.3 Å². The van der Waals surface area contributed by atoms with Crippen LogP contribution in [0.3, 0.4) is 0 Å². The van der Waals surface area contributed by atoms with Gasteiger partial charge in [0.15, 0.2) is 0 Å². The summed E-state index contributed by atoms with van der Waals surface area (Å²) in [5.41, 5.74) is 7.00. The third kappa shape index (κ3) is 7.10. The monoisotopic (exact) mass is 559 g/mol. The van der Waals surface area contributed by atoms with Crippen LogP contribution in [-0.2, 0) is 6.54 Å². The summed E-state index contributed by atoms with van der Waals surface area (Å²) in [6, 6.07) is 8.02. The van der Waals surface area contributed by atoms with Crippen molar-refractivity contribution in [2.45, 2.75) is 40.7 Å². The normalized spacial score (nSPS) is 12.6. The van der Waals surface area contributed by atoms with Gasteiger partial charge in [0, 0.05) is 24.5 Å². The molecule has 0 saturated heterocycles. The van der Waals surface area contributed by atoms with Gasteiger partial charge in [-0.05, 0) is 68.7 Å². The van der Waals surface area contributed by atoms with Crippen molar-refractivity contribution >= 4 is 29.2 Å². The maximum atomic E-state index is 14.9. The molecule has 11 heteroatoms. The van der Waals surface area contributed by atoms with Gasteiger partial charge in [-0.1, -0.05) is 30.7 Å². The molecule has 0 fully saturated rings. The summed E-state index contributed by atoms with van der Waals surface area (Å²) in [6.45, 7) is 7.30. The van der Waals surface area contributed by atoms with E-state index in [1.807, 2.05) is 26.8 Å². The van der Waals surface area contributed by atoms with E-state index < -0.39 is 23.0 Å². The molecule has 3 N–H and O–H groups in total. The molecule has 0 amide bonds. The number of aromatic nitrogens is 3. The van der Waals surface area contributed by atoms with Crippen LogP contribution < -0.4 is 22.4 Å². The number of nitrogens with two attached hydrogens (primary N) is 1. The minimum absolute atomic E-state index is 0.106. The zero-order chi connectivity index (χ0) is 30.3. The van der Waals surface area contributed by atoms with Gasteiger partial charge < -0.3 is 11.1 Å². The molecule has 0 aliphatic heterocycles. The molecule has 212 valence electrons. The Morgan fingerprint density at radius 2 is 1.90 bits per heavy atom. The van der Waals surface area contributed by atoms with E-state index in [0.29, 0.717) is 11.1 Å². The van der Waals surface area contributed by atoms with E-state index in [9.17, 15) is 23.6 Å². The van der Waals surface area contributed by atoms with Gasteiger partial charge in [0.1, 0.15) is 17.7 Å². The number of halogens is 2. The Labute approximate surface area is 236 Å². The molecule has 9 nitrogen and oxygen atoms in total. The fourth-order valence-corrected chi connectivity index (χ4v) is 4.01. The maximum Gasteiger partial charge on any atom is 0.359 e. The lowest BCUT2D eigenvalue weighted by Crippen LogP contribution is -2.42. The van der Waals surface area contributed by atoms with Gasteiger partial charge in [-0.25, -0.2) is 22.9 Å². The summed E-state index contributed by atoms with van der Waals surface area (Å²) < 4.78 is 30.9. The number of anilines is 3. The van der Waals surface area contributed by atoms with Crippen molar-refractivity contribution in [3.05, 3.63) is 109 Å². The van der Waals surface area contributed by atoms with E-state index in [1.54, 1.807) is 25.1 Å². The molecule has 0 saturated carbocycles. The maximum absolute atomic E-state index is 14.9. The number of nitrogens with one attached hydrogen (secondary N) is 1. The SMILES string of the molecule is C\C=C(/C=C(C)\C=C(/C)CC)n1c(=O)nc(Nc2cc(C=NC)c(N)cc2F)n(Cc2ccc(F)c(C#N)c2)c1=O. The first kappa shape index (κ1) is 30.4. The molecular formula is C30H31F2N7O2. The van der Waals surface area contributed by atoms with Gasteiger partial charge >= 0.3 is 11.4 Å². The van der Waals surface area contributed by atoms with E-state index >= 15 is 0 Å². The van der Waals surface area contributed by atoms with E-state index in [0.717, 1.165) is 38.8 Å². The number of allylic oxidation sites excluding steroid dienone is 6. The van der Waals surface area contributed by atoms with Crippen LogP contribution in [0.2, 0.25) is 0 Å². The molecule has 3 aromatic rings. The van der Waals surface area contributed by atoms with Crippen LogP contribution in [0.15, 0.2) is 74.3 Å². The second kappa shape index (κ2) is 13.3. The summed E-state index contributed by atoms with van der Waals surface area (Å²) >= 11 is 0. The summed E-state index contributed by atoms with van der Waals surface area (Å²) in [6.07, 6.45) is 7.49. The number of hydrogen-bond donors (Lipinski definition) is 2. The Kier molecular flexibility index (Phi) is 9.87. The lowest BCUT2D eigenvalue weighted by atomic mass is 10.1. The lowest BCUT2D eigenvalue weighted by molar-refractivity contribution is 0.619. The standard InChI is InChI=1S/C30H31F2N7O2/c1-6-18(3)10-19(4)11-23(7-2)39-29(40)37-28(36-27-13-22(16-35-5)26(34)14-25(27)32)38(30(39)41)17-20-8-9-24(31)21(12-20)15-33/h7-14,16H,6,17,34H2,1-5H3,(H,36,37,40)/b18-10+,19-11-,23-7+,35-16?. The zero-order valence-electron chi connectivity index (χ0n) is 23.5. The molecule has 0 unspecified atom stereocenters. The van der Waals surface area contributed by atoms with Crippen molar-refractivity contribution in [3.8, 4) is 6.07 Å². The van der Waals surface area contributed by atoms with Crippen LogP contribution in [-0.4, -0.2) is 27.4 Å². The van der Waals surface area contributed by atoms with Crippen LogP contribution in [0.1, 0.15) is 50.8 Å². The number of nitrogen functional groups attached to an aromatic ring is 1. The number of rotatable bonds is 9. The first-order chi connectivity index (χ1) is 19.5. The van der Waals surface area contributed by atoms with E-state index in [1.165, 1.54) is 31.5 Å². The second-order valence-corrected chi connectivity index (χ2v) is 9.27. The van der Waals surface area contributed by atoms with Gasteiger partial charge in [0.05, 0.1) is 23.5 Å². The predicted molar refractivity (Wildman–Crippen MR) is 158 cm³/mol. The van der Waals surface area contributed by atoms with Crippen LogP contribution in [0.25, 0.3) is 5.70 Å². The number of benzene rings is 2. The summed E-state index contributed by atoms with van der Waals surface area (Å²) in [5.74, 6) is -1.73. The molecular weight excluding hydrogens is 528 g/mol. The highest BCUT2D eigenvalue weighted by atomic mass is 19.1. The molecule has 0 atom stereocenters. The van der Waals surface area contributed by atoms with E-state index in [4.69, 9.17) is 5.73 Å². The van der Waals surface area contributed by atoms with Gasteiger partial charge in [-0.15, -0.1) is 0 Å². The van der Waals surface area contributed by atoms with Crippen molar-refractivity contribution in [1.82, 2.24) is 14.1 Å². The molecule has 1 aromatic heterocycles. The largest absolute Gasteiger partial charge is 0.398 e. The van der Waals surface area contributed by atoms with Gasteiger partial charge in [0.2, 0.25) is 5.95 Å². The van der Waals surface area contributed by atoms with Crippen LogP contribution >= 0.6 is 0 Å². The minimum atomic E-state index is -0.898. The summed E-state index contributed by atoms with van der Waals surface area (Å²) in [7, 11) is 1.53. The Balaban J connectivity index is 2.27. The summed E-state index contributed by atoms with van der Waals surface area (Å²) in [4.78, 5) is 35.1. The number of hydrogen-bond acceptors (Lipinski definition) is 7. The number of nitrogens with zero attached hydrogens (tertiary/aromatic N) is 5. The van der Waals surface area contributed by atoms with Crippen molar-refractivity contribution in [2.24, 2.45) is 4.99 Å². The average Bonchev–Trinajstić information content (AvgIpc) is 2.93. The first-order valence-corrected chi connectivity index (χ1v) is 12.8. The van der Waals surface area contributed by atoms with Gasteiger partial charge in [0.25, 0.3) is 0 Å². The highest BCUT2D eigenvalue weighted by Crippen LogP contribution is 2.24. The second-order valence-electron chi connectivity index (χ2n) is 9.27. The molecule has 3 rings (SSSR count). The molecule has 0 aliphatic rings. The van der Waals surface area contributed by atoms with Gasteiger partial charge in [-0.2, -0.15) is 10.2 Å². The molecule has 0 spiro atoms. The summed E-state index contributed by atoms with van der Waals surface area (Å²) in [5, 5.41) is 12.0. The topological polar surface area (TPSA) is 131 Å². The average molecular weight is 560 g/mol. The molecule has 2 aromatic carbocycles. The Morgan fingerprint density at radius 3 is 2.54 bits per heavy atom. The van der Waals surface area contributed by atoms with Crippen molar-refractivity contribution in [1.29, 1.82) is 5.26 Å². The Bertz CT molecular complexity index is 1760. The lowest BCUT2D eigenvalue weighted by Gasteiger charge is -2.17. The smallest absolute Gasteiger partial charge is 0.359 e. The van der Waals surface area contributed by atoms with Crippen molar-refractivity contribution in [2.75, 3.05) is 18.1 Å². The number of nitriles is 1. The van der Waals surface area contributed by atoms with Crippen molar-refractivity contribution < 1.29 is 8.78 Å². The van der Waals surface area contributed by atoms with Gasteiger partial charge in [-0.3, -0.25) is 9.56 Å². The van der Waals surface area contributed by atoms with Crippen LogP contribution in [0.4, 0.5) is 26.1 Å². The quantitative estimate of drug-likeness (QED) is 0.212. The third-order valence-electron chi connectivity index (χ3n) is 6.21. The van der Waals surface area contributed by atoms with E-state index in [-0.39, 0.29) is 35.1 Å². The fraction of sp³-hybridized carbons (Fsp3) is 0.233. The minimum Gasteiger partial charge on any atom is -0.398 e. The first-order valence-electron chi connectivity index (χ1n) is 12.8. The molecule has 0 bridgehead atoms. The Morgan fingerprint density at radius 1 is 1.17 bits per heavy atom. The van der Waals surface area contributed by atoms with Crippen molar-refractivity contribution in [3.63, 3.8) is 0 Å². The number of aliphatic imine (C=N–C) groups is 1. The third-order valence-corrected chi connectivity index (χ3v) is 6.21. The zero-order valence-corrected chi connectivity index (χ0v) is 23.5. The predicted octanol–water partition coefficient (Wildman–Crippen LogP) is 5.14. The molecule has 0 aliphatic carbocycles. The van der Waals surface area contributed by atoms with Crippen LogP contribution in [0.5, 0.6) is 0 Å². The molecule has 1 heterocycles. The Hall–Kier alpha value is -5.11. The highest BCUT2D eigenvalue weighted by molar-refractivity contribution is 5.89.